The number of rotatable bonds is 5. The van der Waals surface area contributed by atoms with Gasteiger partial charge in [0.15, 0.2) is 6.61 Å². The van der Waals surface area contributed by atoms with Crippen LogP contribution in [-0.2, 0) is 9.53 Å². The average molecular weight is 474 g/mol. The van der Waals surface area contributed by atoms with Crippen molar-refractivity contribution in [3.63, 3.8) is 0 Å². The van der Waals surface area contributed by atoms with Gasteiger partial charge in [0.2, 0.25) is 0 Å². The number of nitro groups is 1. The van der Waals surface area contributed by atoms with Gasteiger partial charge in [-0.1, -0.05) is 12.1 Å². The number of phenolic OH excluding ortho intramolecular Hbond substituents is 1. The molecule has 0 heterocycles. The molecular weight excluding hydrogens is 464 g/mol. The Kier molecular flexibility index (Phi) is 6.10. The fourth-order valence-corrected chi connectivity index (χ4v) is 3.18. The lowest BCUT2D eigenvalue weighted by Crippen LogP contribution is -2.21. The van der Waals surface area contributed by atoms with E-state index in [1.807, 2.05) is 0 Å². The summed E-state index contributed by atoms with van der Waals surface area (Å²) in [6.07, 6.45) is 0. The molecule has 0 spiro atoms. The van der Waals surface area contributed by atoms with Gasteiger partial charge in [-0.25, -0.2) is 4.79 Å². The lowest BCUT2D eigenvalue weighted by atomic mass is 10.2. The van der Waals surface area contributed by atoms with Crippen LogP contribution in [0.15, 0.2) is 45.3 Å². The minimum Gasteiger partial charge on any atom is -0.507 e. The molecule has 0 atom stereocenters. The molecule has 0 saturated carbocycles. The molecule has 10 heteroatoms. The third kappa shape index (κ3) is 4.77. The van der Waals surface area contributed by atoms with E-state index in [4.69, 9.17) is 4.74 Å². The summed E-state index contributed by atoms with van der Waals surface area (Å²) in [6.45, 7) is -0.594. The Labute approximate surface area is 158 Å². The van der Waals surface area contributed by atoms with Gasteiger partial charge in [0.05, 0.1) is 10.6 Å². The highest BCUT2D eigenvalue weighted by molar-refractivity contribution is 9.11. The molecule has 0 aromatic heterocycles. The van der Waals surface area contributed by atoms with Crippen LogP contribution >= 0.6 is 31.9 Å². The van der Waals surface area contributed by atoms with Gasteiger partial charge in [-0.3, -0.25) is 14.9 Å². The monoisotopic (exact) mass is 472 g/mol. The molecule has 0 unspecified atom stereocenters. The molecule has 0 radical (unpaired) electrons. The summed E-state index contributed by atoms with van der Waals surface area (Å²) in [5, 5.41) is 22.8. The molecular formula is C15H10Br2N2O6. The van der Waals surface area contributed by atoms with Crippen LogP contribution in [0.25, 0.3) is 0 Å². The maximum absolute atomic E-state index is 11.9. The fourth-order valence-electron chi connectivity index (χ4n) is 1.82. The number of carbonyl (C=O) groups excluding carboxylic acids is 2. The number of nitrogens with one attached hydrogen (secondary N) is 1. The third-order valence-electron chi connectivity index (χ3n) is 2.96. The molecule has 2 N–H and O–H groups in total. The number of nitrogens with zero attached hydrogens (tertiary/aromatic N) is 1. The molecule has 0 aliphatic carbocycles. The summed E-state index contributed by atoms with van der Waals surface area (Å²) in [5.41, 5.74) is 0.0323. The van der Waals surface area contributed by atoms with Gasteiger partial charge >= 0.3 is 5.97 Å². The molecule has 0 fully saturated rings. The molecule has 2 aromatic rings. The van der Waals surface area contributed by atoms with Crippen molar-refractivity contribution in [2.75, 3.05) is 11.9 Å². The number of benzene rings is 2. The highest BCUT2D eigenvalue weighted by Gasteiger charge is 2.18. The van der Waals surface area contributed by atoms with Crippen LogP contribution in [0.1, 0.15) is 10.4 Å². The summed E-state index contributed by atoms with van der Waals surface area (Å²) in [5.74, 6) is -1.76. The maximum atomic E-state index is 11.9. The van der Waals surface area contributed by atoms with Gasteiger partial charge in [0.25, 0.3) is 11.6 Å². The van der Waals surface area contributed by atoms with Crippen molar-refractivity contribution in [3.05, 3.63) is 61.0 Å². The number of esters is 1. The molecule has 0 bridgehead atoms. The number of ether oxygens (including phenoxy) is 1. The molecule has 130 valence electrons. The summed E-state index contributed by atoms with van der Waals surface area (Å²) >= 11 is 6.26. The third-order valence-corrected chi connectivity index (χ3v) is 4.21. The van der Waals surface area contributed by atoms with Gasteiger partial charge in [0.1, 0.15) is 11.3 Å². The smallest absolute Gasteiger partial charge is 0.342 e. The van der Waals surface area contributed by atoms with Crippen molar-refractivity contribution in [1.29, 1.82) is 0 Å². The van der Waals surface area contributed by atoms with Crippen LogP contribution in [0.4, 0.5) is 11.4 Å². The first-order valence-corrected chi connectivity index (χ1v) is 8.26. The number of hydrogen-bond donors (Lipinski definition) is 2. The summed E-state index contributed by atoms with van der Waals surface area (Å²) in [7, 11) is 0. The van der Waals surface area contributed by atoms with Crippen LogP contribution in [0.2, 0.25) is 0 Å². The highest BCUT2D eigenvalue weighted by atomic mass is 79.9. The molecule has 1 amide bonds. The number of hydrogen-bond acceptors (Lipinski definition) is 6. The van der Waals surface area contributed by atoms with Gasteiger partial charge in [-0.2, -0.15) is 0 Å². The van der Waals surface area contributed by atoms with E-state index >= 15 is 0 Å². The average Bonchev–Trinajstić information content (AvgIpc) is 2.56. The van der Waals surface area contributed by atoms with Crippen molar-refractivity contribution in [1.82, 2.24) is 0 Å². The second-order valence-corrected chi connectivity index (χ2v) is 6.39. The van der Waals surface area contributed by atoms with E-state index in [0.717, 1.165) is 0 Å². The van der Waals surface area contributed by atoms with Crippen molar-refractivity contribution >= 4 is 55.1 Å². The van der Waals surface area contributed by atoms with E-state index in [2.05, 4.69) is 37.2 Å². The number of phenols is 1. The number of carbonyl (C=O) groups is 2. The zero-order chi connectivity index (χ0) is 18.6. The van der Waals surface area contributed by atoms with Crippen molar-refractivity contribution in [3.8, 4) is 5.75 Å². The SMILES string of the molecule is O=C(COC(=O)c1ccccc1O)Nc1c(Br)cc([N+](=O)[O-])cc1Br. The summed E-state index contributed by atoms with van der Waals surface area (Å²) in [4.78, 5) is 34.0. The molecule has 2 aromatic carbocycles. The predicted octanol–water partition coefficient (Wildman–Crippen LogP) is 3.62. The molecule has 8 nitrogen and oxygen atoms in total. The molecule has 0 aliphatic heterocycles. The lowest BCUT2D eigenvalue weighted by Gasteiger charge is -2.10. The van der Waals surface area contributed by atoms with E-state index < -0.39 is 23.4 Å². The second kappa shape index (κ2) is 8.08. The number of anilines is 1. The maximum Gasteiger partial charge on any atom is 0.342 e. The Balaban J connectivity index is 2.03. The van der Waals surface area contributed by atoms with Crippen LogP contribution in [0.5, 0.6) is 5.75 Å². The quantitative estimate of drug-likeness (QED) is 0.389. The van der Waals surface area contributed by atoms with Crippen LogP contribution in [-0.4, -0.2) is 28.5 Å². The Bertz CT molecular complexity index is 833. The summed E-state index contributed by atoms with van der Waals surface area (Å²) < 4.78 is 5.41. The molecule has 2 rings (SSSR count). The van der Waals surface area contributed by atoms with E-state index in [0.29, 0.717) is 0 Å². The zero-order valence-electron chi connectivity index (χ0n) is 12.4. The number of para-hydroxylation sites is 1. The Hall–Kier alpha value is -2.46. The zero-order valence-corrected chi connectivity index (χ0v) is 15.5. The number of aromatic hydroxyl groups is 1. The first-order chi connectivity index (χ1) is 11.8. The van der Waals surface area contributed by atoms with Crippen LogP contribution < -0.4 is 5.32 Å². The van der Waals surface area contributed by atoms with Crippen molar-refractivity contribution in [2.45, 2.75) is 0 Å². The second-order valence-electron chi connectivity index (χ2n) is 4.68. The number of non-ortho nitro benzene ring substituents is 1. The van der Waals surface area contributed by atoms with E-state index in [1.54, 1.807) is 12.1 Å². The van der Waals surface area contributed by atoms with Crippen LogP contribution in [0, 0.1) is 10.1 Å². The predicted molar refractivity (Wildman–Crippen MR) is 95.5 cm³/mol. The van der Waals surface area contributed by atoms with E-state index in [9.17, 15) is 24.8 Å². The standard InChI is InChI=1S/C15H10Br2N2O6/c16-10-5-8(19(23)24)6-11(17)14(10)18-13(21)7-25-15(22)9-3-1-2-4-12(9)20/h1-6,20H,7H2,(H,18,21). The Morgan fingerprint density at radius 1 is 1.20 bits per heavy atom. The molecule has 25 heavy (non-hydrogen) atoms. The number of amides is 1. The van der Waals surface area contributed by atoms with E-state index in [1.165, 1.54) is 24.3 Å². The van der Waals surface area contributed by atoms with Gasteiger partial charge in [0, 0.05) is 21.1 Å². The van der Waals surface area contributed by atoms with Crippen molar-refractivity contribution in [2.24, 2.45) is 0 Å². The largest absolute Gasteiger partial charge is 0.507 e. The van der Waals surface area contributed by atoms with E-state index in [-0.39, 0.29) is 31.6 Å². The Morgan fingerprint density at radius 2 is 1.80 bits per heavy atom. The van der Waals surface area contributed by atoms with Gasteiger partial charge in [-0.15, -0.1) is 0 Å². The minimum absolute atomic E-state index is 0.0620. The number of nitro benzene ring substituents is 1. The van der Waals surface area contributed by atoms with Gasteiger partial charge in [-0.05, 0) is 44.0 Å². The molecule has 0 saturated heterocycles. The molecule has 0 aliphatic rings. The van der Waals surface area contributed by atoms with Crippen LogP contribution in [0.3, 0.4) is 0 Å². The minimum atomic E-state index is -0.852. The van der Waals surface area contributed by atoms with Gasteiger partial charge < -0.3 is 15.2 Å². The Morgan fingerprint density at radius 3 is 2.36 bits per heavy atom. The fraction of sp³-hybridized carbons (Fsp3) is 0.0667. The first kappa shape index (κ1) is 18.9. The van der Waals surface area contributed by atoms with Crippen molar-refractivity contribution < 1.29 is 24.4 Å². The highest BCUT2D eigenvalue weighted by Crippen LogP contribution is 2.35. The normalized spacial score (nSPS) is 10.2. The number of halogens is 2. The summed E-state index contributed by atoms with van der Waals surface area (Å²) in [6, 6.07) is 8.23. The topological polar surface area (TPSA) is 119 Å². The first-order valence-electron chi connectivity index (χ1n) is 6.68. The lowest BCUT2D eigenvalue weighted by molar-refractivity contribution is -0.385.